The molecule has 0 saturated heterocycles. The van der Waals surface area contributed by atoms with Gasteiger partial charge in [0.15, 0.2) is 0 Å². The zero-order valence-electron chi connectivity index (χ0n) is 11.0. The predicted octanol–water partition coefficient (Wildman–Crippen LogP) is 1.47. The average molecular weight is 273 g/mol. The van der Waals surface area contributed by atoms with E-state index >= 15 is 0 Å². The van der Waals surface area contributed by atoms with E-state index in [0.29, 0.717) is 22.3 Å². The highest BCUT2D eigenvalue weighted by molar-refractivity contribution is 5.80. The van der Waals surface area contributed by atoms with E-state index in [0.717, 1.165) is 0 Å². The highest BCUT2D eigenvalue weighted by Gasteiger charge is 2.14. The lowest BCUT2D eigenvalue weighted by Crippen LogP contribution is -2.21. The molecule has 3 rings (SSSR count). The molecule has 5 nitrogen and oxygen atoms in total. The monoisotopic (exact) mass is 273 g/mol. The van der Waals surface area contributed by atoms with Crippen LogP contribution in [0.3, 0.4) is 0 Å². The van der Waals surface area contributed by atoms with Crippen molar-refractivity contribution in [3.63, 3.8) is 0 Å². The number of fused-ring (bicyclic) bond motifs is 1. The van der Waals surface area contributed by atoms with Crippen LogP contribution in [0.4, 0.5) is 4.39 Å². The molecular formula is C14H12FN3O2. The molecule has 0 amide bonds. The molecule has 0 saturated carbocycles. The first kappa shape index (κ1) is 12.4. The zero-order chi connectivity index (χ0) is 14.4. The van der Waals surface area contributed by atoms with Gasteiger partial charge in [-0.15, -0.1) is 0 Å². The predicted molar refractivity (Wildman–Crippen MR) is 73.8 cm³/mol. The van der Waals surface area contributed by atoms with Crippen LogP contribution < -0.4 is 11.1 Å². The van der Waals surface area contributed by atoms with Crippen LogP contribution in [0.1, 0.15) is 5.69 Å². The van der Waals surface area contributed by atoms with E-state index in [9.17, 15) is 14.0 Å². The van der Waals surface area contributed by atoms with Gasteiger partial charge in [-0.3, -0.25) is 23.9 Å². The van der Waals surface area contributed by atoms with Gasteiger partial charge in [0.2, 0.25) is 0 Å². The van der Waals surface area contributed by atoms with Crippen molar-refractivity contribution in [1.82, 2.24) is 14.3 Å². The van der Waals surface area contributed by atoms with E-state index in [4.69, 9.17) is 0 Å². The Morgan fingerprint density at radius 3 is 2.65 bits per heavy atom. The molecule has 2 heterocycles. The third-order valence-electron chi connectivity index (χ3n) is 3.33. The van der Waals surface area contributed by atoms with Gasteiger partial charge in [-0.05, 0) is 25.1 Å². The first-order valence-electron chi connectivity index (χ1n) is 6.06. The number of aromatic amines is 1. The highest BCUT2D eigenvalue weighted by atomic mass is 19.1. The number of halogens is 1. The van der Waals surface area contributed by atoms with Crippen LogP contribution in [0.2, 0.25) is 0 Å². The second-order valence-electron chi connectivity index (χ2n) is 4.65. The Balaban J connectivity index is 2.45. The van der Waals surface area contributed by atoms with Gasteiger partial charge in [-0.2, -0.15) is 0 Å². The number of hydrogen-bond acceptors (Lipinski definition) is 2. The summed E-state index contributed by atoms with van der Waals surface area (Å²) in [6.45, 7) is 1.67. The SMILES string of the molecule is Cc1c2c(=O)n(C)[nH]c2cc(=O)n1-c1cccc(F)c1. The summed E-state index contributed by atoms with van der Waals surface area (Å²) < 4.78 is 16.0. The van der Waals surface area contributed by atoms with Gasteiger partial charge in [0.25, 0.3) is 11.1 Å². The molecule has 0 atom stereocenters. The maximum atomic E-state index is 13.3. The summed E-state index contributed by atoms with van der Waals surface area (Å²) in [5.41, 5.74) is 0.829. The minimum absolute atomic E-state index is 0.220. The van der Waals surface area contributed by atoms with E-state index in [1.807, 2.05) is 0 Å². The Kier molecular flexibility index (Phi) is 2.60. The van der Waals surface area contributed by atoms with Crippen molar-refractivity contribution < 1.29 is 4.39 Å². The van der Waals surface area contributed by atoms with Gasteiger partial charge >= 0.3 is 0 Å². The zero-order valence-corrected chi connectivity index (χ0v) is 11.0. The second kappa shape index (κ2) is 4.19. The summed E-state index contributed by atoms with van der Waals surface area (Å²) in [6.07, 6.45) is 0. The van der Waals surface area contributed by atoms with Crippen molar-refractivity contribution in [2.24, 2.45) is 7.05 Å². The molecule has 3 aromatic rings. The third kappa shape index (κ3) is 1.69. The van der Waals surface area contributed by atoms with Crippen LogP contribution in [0.5, 0.6) is 0 Å². The van der Waals surface area contributed by atoms with E-state index in [2.05, 4.69) is 5.10 Å². The van der Waals surface area contributed by atoms with Crippen LogP contribution in [0.15, 0.2) is 39.9 Å². The first-order chi connectivity index (χ1) is 9.49. The summed E-state index contributed by atoms with van der Waals surface area (Å²) in [7, 11) is 1.58. The largest absolute Gasteiger partial charge is 0.295 e. The van der Waals surface area contributed by atoms with Crippen molar-refractivity contribution in [1.29, 1.82) is 0 Å². The normalized spacial score (nSPS) is 11.2. The van der Waals surface area contributed by atoms with Crippen LogP contribution in [0.25, 0.3) is 16.6 Å². The Morgan fingerprint density at radius 2 is 1.95 bits per heavy atom. The van der Waals surface area contributed by atoms with Crippen molar-refractivity contribution in [3.8, 4) is 5.69 Å². The van der Waals surface area contributed by atoms with E-state index in [-0.39, 0.29) is 11.1 Å². The molecule has 0 bridgehead atoms. The van der Waals surface area contributed by atoms with E-state index < -0.39 is 5.82 Å². The highest BCUT2D eigenvalue weighted by Crippen LogP contribution is 2.15. The number of pyridine rings is 1. The molecule has 2 aromatic heterocycles. The number of benzene rings is 1. The smallest absolute Gasteiger partial charge is 0.275 e. The minimum Gasteiger partial charge on any atom is -0.295 e. The van der Waals surface area contributed by atoms with Crippen LogP contribution >= 0.6 is 0 Å². The molecule has 0 radical (unpaired) electrons. The first-order valence-corrected chi connectivity index (χ1v) is 6.06. The molecular weight excluding hydrogens is 261 g/mol. The van der Waals surface area contributed by atoms with Gasteiger partial charge in [-0.25, -0.2) is 4.39 Å². The molecule has 6 heteroatoms. The van der Waals surface area contributed by atoms with E-state index in [1.54, 1.807) is 20.0 Å². The number of rotatable bonds is 1. The molecule has 1 N–H and O–H groups in total. The number of H-pyrrole nitrogens is 1. The molecule has 0 aliphatic heterocycles. The topological polar surface area (TPSA) is 59.8 Å². The summed E-state index contributed by atoms with van der Waals surface area (Å²) in [4.78, 5) is 24.2. The summed E-state index contributed by atoms with van der Waals surface area (Å²) in [5, 5.41) is 3.24. The number of aromatic nitrogens is 3. The molecule has 1 aromatic carbocycles. The summed E-state index contributed by atoms with van der Waals surface area (Å²) in [6, 6.07) is 7.06. The summed E-state index contributed by atoms with van der Waals surface area (Å²) in [5.74, 6) is -0.434. The molecule has 0 aliphatic rings. The summed E-state index contributed by atoms with van der Waals surface area (Å²) >= 11 is 0. The maximum Gasteiger partial charge on any atom is 0.275 e. The fourth-order valence-corrected chi connectivity index (χ4v) is 2.43. The number of nitrogens with one attached hydrogen (secondary N) is 1. The quantitative estimate of drug-likeness (QED) is 0.729. The van der Waals surface area contributed by atoms with Gasteiger partial charge in [-0.1, -0.05) is 6.07 Å². The Labute approximate surface area is 112 Å². The molecule has 0 aliphatic carbocycles. The molecule has 102 valence electrons. The second-order valence-corrected chi connectivity index (χ2v) is 4.65. The average Bonchev–Trinajstić information content (AvgIpc) is 2.65. The van der Waals surface area contributed by atoms with Crippen molar-refractivity contribution in [2.45, 2.75) is 6.92 Å². The lowest BCUT2D eigenvalue weighted by atomic mass is 10.2. The Morgan fingerprint density at radius 1 is 1.20 bits per heavy atom. The van der Waals surface area contributed by atoms with Gasteiger partial charge in [0.05, 0.1) is 16.6 Å². The Bertz CT molecular complexity index is 934. The Hall–Kier alpha value is -2.63. The molecule has 0 unspecified atom stereocenters. The van der Waals surface area contributed by atoms with Gasteiger partial charge in [0, 0.05) is 18.8 Å². The van der Waals surface area contributed by atoms with Crippen molar-refractivity contribution >= 4 is 10.9 Å². The molecule has 20 heavy (non-hydrogen) atoms. The number of aryl methyl sites for hydroxylation is 2. The van der Waals surface area contributed by atoms with Crippen LogP contribution in [0, 0.1) is 12.7 Å². The van der Waals surface area contributed by atoms with Crippen molar-refractivity contribution in [3.05, 3.63) is 62.6 Å². The third-order valence-corrected chi connectivity index (χ3v) is 3.33. The van der Waals surface area contributed by atoms with Crippen molar-refractivity contribution in [2.75, 3.05) is 0 Å². The van der Waals surface area contributed by atoms with Gasteiger partial charge < -0.3 is 0 Å². The van der Waals surface area contributed by atoms with E-state index in [1.165, 1.54) is 33.5 Å². The number of hydrogen-bond donors (Lipinski definition) is 1. The van der Waals surface area contributed by atoms with Gasteiger partial charge in [0.1, 0.15) is 5.82 Å². The standard InChI is InChI=1S/C14H12FN3O2/c1-8-13-11(16-17(2)14(13)20)7-12(19)18(8)10-5-3-4-9(15)6-10/h3-7,16H,1-2H3. The lowest BCUT2D eigenvalue weighted by molar-refractivity contribution is 0.626. The fraction of sp³-hybridized carbons (Fsp3) is 0.143. The molecule has 0 spiro atoms. The maximum absolute atomic E-state index is 13.3. The molecule has 0 fully saturated rings. The minimum atomic E-state index is -0.434. The fourth-order valence-electron chi connectivity index (χ4n) is 2.43. The van der Waals surface area contributed by atoms with Crippen LogP contribution in [-0.2, 0) is 7.05 Å². The lowest BCUT2D eigenvalue weighted by Gasteiger charge is -2.10. The van der Waals surface area contributed by atoms with Crippen LogP contribution in [-0.4, -0.2) is 14.3 Å². The number of nitrogens with zero attached hydrogens (tertiary/aromatic N) is 2.